The Bertz CT molecular complexity index is 837. The first kappa shape index (κ1) is 19.9. The van der Waals surface area contributed by atoms with Crippen molar-refractivity contribution in [3.05, 3.63) is 54.1 Å². The molecule has 28 heavy (non-hydrogen) atoms. The van der Waals surface area contributed by atoms with Crippen LogP contribution in [0.2, 0.25) is 0 Å². The van der Waals surface area contributed by atoms with Crippen molar-refractivity contribution in [2.45, 2.75) is 19.8 Å². The molecule has 1 saturated heterocycles. The molecular formula is C22H28N4O2. The van der Waals surface area contributed by atoms with E-state index < -0.39 is 0 Å². The fourth-order valence-corrected chi connectivity index (χ4v) is 3.59. The lowest BCUT2D eigenvalue weighted by atomic mass is 9.97. The highest BCUT2D eigenvalue weighted by molar-refractivity contribution is 5.90. The van der Waals surface area contributed by atoms with Gasteiger partial charge >= 0.3 is 6.03 Å². The summed E-state index contributed by atoms with van der Waals surface area (Å²) in [6.07, 6.45) is 1.82. The number of hydrogen-bond donors (Lipinski definition) is 3. The Kier molecular flexibility index (Phi) is 6.66. The second-order valence-corrected chi connectivity index (χ2v) is 7.37. The molecule has 0 unspecified atom stereocenters. The number of aryl methyl sites for hydroxylation is 1. The summed E-state index contributed by atoms with van der Waals surface area (Å²) >= 11 is 0. The average Bonchev–Trinajstić information content (AvgIpc) is 2.68. The third-order valence-electron chi connectivity index (χ3n) is 5.09. The number of rotatable bonds is 6. The maximum Gasteiger partial charge on any atom is 0.319 e. The van der Waals surface area contributed by atoms with Gasteiger partial charge in [-0.05, 0) is 49.6 Å². The second kappa shape index (κ2) is 9.37. The molecule has 148 valence electrons. The topological polar surface area (TPSA) is 87.5 Å². The summed E-state index contributed by atoms with van der Waals surface area (Å²) in [5, 5.41) is 5.77. The SMILES string of the molecule is Cc1cccc(-c2cccc(NC(=O)NCCN3CCC[C@H](C(N)=O)C3)c2)c1. The number of anilines is 1. The zero-order valence-corrected chi connectivity index (χ0v) is 16.3. The summed E-state index contributed by atoms with van der Waals surface area (Å²) in [5.41, 5.74) is 9.55. The van der Waals surface area contributed by atoms with Crippen molar-refractivity contribution in [2.75, 3.05) is 31.5 Å². The average molecular weight is 380 g/mol. The molecule has 6 heteroatoms. The largest absolute Gasteiger partial charge is 0.369 e. The number of amides is 3. The van der Waals surface area contributed by atoms with Crippen molar-refractivity contribution in [3.8, 4) is 11.1 Å². The van der Waals surface area contributed by atoms with Gasteiger partial charge in [-0.1, -0.05) is 42.0 Å². The van der Waals surface area contributed by atoms with Gasteiger partial charge in [-0.15, -0.1) is 0 Å². The van der Waals surface area contributed by atoms with Crippen molar-refractivity contribution in [2.24, 2.45) is 11.7 Å². The Morgan fingerprint density at radius 3 is 2.64 bits per heavy atom. The van der Waals surface area contributed by atoms with E-state index in [4.69, 9.17) is 5.73 Å². The third kappa shape index (κ3) is 5.57. The van der Waals surface area contributed by atoms with E-state index in [0.717, 1.165) is 36.2 Å². The fourth-order valence-electron chi connectivity index (χ4n) is 3.59. The van der Waals surface area contributed by atoms with Gasteiger partial charge in [0.05, 0.1) is 5.92 Å². The van der Waals surface area contributed by atoms with Gasteiger partial charge in [0.1, 0.15) is 0 Å². The summed E-state index contributed by atoms with van der Waals surface area (Å²) in [7, 11) is 0. The number of nitrogens with zero attached hydrogens (tertiary/aromatic N) is 1. The third-order valence-corrected chi connectivity index (χ3v) is 5.09. The summed E-state index contributed by atoms with van der Waals surface area (Å²) in [5.74, 6) is -0.309. The Morgan fingerprint density at radius 1 is 1.14 bits per heavy atom. The number of hydrogen-bond acceptors (Lipinski definition) is 3. The zero-order chi connectivity index (χ0) is 19.9. The number of nitrogens with two attached hydrogens (primary N) is 1. The zero-order valence-electron chi connectivity index (χ0n) is 16.3. The summed E-state index contributed by atoms with van der Waals surface area (Å²) in [6.45, 7) is 4.91. The number of carbonyl (C=O) groups excluding carboxylic acids is 2. The minimum Gasteiger partial charge on any atom is -0.369 e. The van der Waals surface area contributed by atoms with Crippen molar-refractivity contribution >= 4 is 17.6 Å². The van der Waals surface area contributed by atoms with E-state index in [0.29, 0.717) is 19.6 Å². The van der Waals surface area contributed by atoms with Crippen LogP contribution in [0.4, 0.5) is 10.5 Å². The quantitative estimate of drug-likeness (QED) is 0.720. The Hall–Kier alpha value is -2.86. The van der Waals surface area contributed by atoms with E-state index in [9.17, 15) is 9.59 Å². The lowest BCUT2D eigenvalue weighted by Gasteiger charge is -2.31. The van der Waals surface area contributed by atoms with E-state index in [2.05, 4.69) is 40.7 Å². The van der Waals surface area contributed by atoms with Crippen LogP contribution in [0.1, 0.15) is 18.4 Å². The van der Waals surface area contributed by atoms with Crippen molar-refractivity contribution < 1.29 is 9.59 Å². The number of urea groups is 1. The van der Waals surface area contributed by atoms with Crippen LogP contribution >= 0.6 is 0 Å². The standard InChI is InChI=1S/C22H28N4O2/c1-16-5-2-6-17(13-16)18-7-3-9-20(14-18)25-22(28)24-10-12-26-11-4-8-19(15-26)21(23)27/h2-3,5-7,9,13-14,19H,4,8,10-12,15H2,1H3,(H2,23,27)(H2,24,25,28)/t19-/m0/s1. The summed E-state index contributed by atoms with van der Waals surface area (Å²) < 4.78 is 0. The molecule has 0 saturated carbocycles. The fraction of sp³-hybridized carbons (Fsp3) is 0.364. The summed E-state index contributed by atoms with van der Waals surface area (Å²) in [4.78, 5) is 25.7. The molecule has 1 aliphatic heterocycles. The molecule has 2 aromatic rings. The molecule has 1 heterocycles. The number of carbonyl (C=O) groups is 2. The van der Waals surface area contributed by atoms with Crippen LogP contribution in [-0.2, 0) is 4.79 Å². The van der Waals surface area contributed by atoms with Gasteiger partial charge in [0, 0.05) is 25.3 Å². The molecule has 3 rings (SSSR count). The van der Waals surface area contributed by atoms with Crippen molar-refractivity contribution in [1.82, 2.24) is 10.2 Å². The molecule has 0 spiro atoms. The number of likely N-dealkylation sites (tertiary alicyclic amines) is 1. The maximum absolute atomic E-state index is 12.2. The number of benzene rings is 2. The van der Waals surface area contributed by atoms with Crippen LogP contribution in [-0.4, -0.2) is 43.0 Å². The second-order valence-electron chi connectivity index (χ2n) is 7.37. The molecule has 6 nitrogen and oxygen atoms in total. The molecule has 1 atom stereocenters. The van der Waals surface area contributed by atoms with Gasteiger partial charge in [-0.3, -0.25) is 4.79 Å². The Balaban J connectivity index is 1.49. The first-order valence-electron chi connectivity index (χ1n) is 9.75. The lowest BCUT2D eigenvalue weighted by Crippen LogP contribution is -2.44. The van der Waals surface area contributed by atoms with Gasteiger partial charge in [0.25, 0.3) is 0 Å². The number of nitrogens with one attached hydrogen (secondary N) is 2. The van der Waals surface area contributed by atoms with Gasteiger partial charge in [-0.25, -0.2) is 4.79 Å². The highest BCUT2D eigenvalue weighted by atomic mass is 16.2. The number of piperidine rings is 1. The van der Waals surface area contributed by atoms with Crippen LogP contribution in [0, 0.1) is 12.8 Å². The first-order chi connectivity index (χ1) is 13.5. The monoisotopic (exact) mass is 380 g/mol. The van der Waals surface area contributed by atoms with E-state index in [1.54, 1.807) is 0 Å². The Labute approximate surface area is 166 Å². The first-order valence-corrected chi connectivity index (χ1v) is 9.75. The number of primary amides is 1. The minimum absolute atomic E-state index is 0.0769. The van der Waals surface area contributed by atoms with Crippen molar-refractivity contribution in [3.63, 3.8) is 0 Å². The normalized spacial score (nSPS) is 17.1. The van der Waals surface area contributed by atoms with Crippen molar-refractivity contribution in [1.29, 1.82) is 0 Å². The van der Waals surface area contributed by atoms with E-state index in [1.807, 2.05) is 30.3 Å². The summed E-state index contributed by atoms with van der Waals surface area (Å²) in [6, 6.07) is 15.9. The van der Waals surface area contributed by atoms with Crippen LogP contribution in [0.3, 0.4) is 0 Å². The van der Waals surface area contributed by atoms with Crippen LogP contribution in [0.5, 0.6) is 0 Å². The highest BCUT2D eigenvalue weighted by Crippen LogP contribution is 2.23. The minimum atomic E-state index is -0.233. The van der Waals surface area contributed by atoms with E-state index >= 15 is 0 Å². The predicted octanol–water partition coefficient (Wildman–Crippen LogP) is 2.98. The molecule has 2 aromatic carbocycles. The molecular weight excluding hydrogens is 352 g/mol. The molecule has 1 fully saturated rings. The van der Waals surface area contributed by atoms with Crippen LogP contribution in [0.15, 0.2) is 48.5 Å². The van der Waals surface area contributed by atoms with Gasteiger partial charge in [0.2, 0.25) is 5.91 Å². The maximum atomic E-state index is 12.2. The molecule has 0 radical (unpaired) electrons. The molecule has 0 aliphatic carbocycles. The molecule has 3 amide bonds. The lowest BCUT2D eigenvalue weighted by molar-refractivity contribution is -0.123. The smallest absolute Gasteiger partial charge is 0.319 e. The highest BCUT2D eigenvalue weighted by Gasteiger charge is 2.23. The molecule has 0 bridgehead atoms. The van der Waals surface area contributed by atoms with Gasteiger partial charge < -0.3 is 21.3 Å². The Morgan fingerprint density at radius 2 is 1.89 bits per heavy atom. The molecule has 4 N–H and O–H groups in total. The van der Waals surface area contributed by atoms with Crippen LogP contribution < -0.4 is 16.4 Å². The predicted molar refractivity (Wildman–Crippen MR) is 112 cm³/mol. The van der Waals surface area contributed by atoms with Gasteiger partial charge in [0.15, 0.2) is 0 Å². The molecule has 0 aromatic heterocycles. The van der Waals surface area contributed by atoms with Gasteiger partial charge in [-0.2, -0.15) is 0 Å². The van der Waals surface area contributed by atoms with E-state index in [1.165, 1.54) is 5.56 Å². The van der Waals surface area contributed by atoms with Crippen LogP contribution in [0.25, 0.3) is 11.1 Å². The molecule has 1 aliphatic rings. The van der Waals surface area contributed by atoms with E-state index in [-0.39, 0.29) is 17.9 Å².